The predicted molar refractivity (Wildman–Crippen MR) is 164 cm³/mol. The summed E-state index contributed by atoms with van der Waals surface area (Å²) in [6, 6.07) is 15.2. The number of anilines is 2. The summed E-state index contributed by atoms with van der Waals surface area (Å²) in [6.07, 6.45) is 12.3. The van der Waals surface area contributed by atoms with Gasteiger partial charge in [-0.2, -0.15) is 0 Å². The summed E-state index contributed by atoms with van der Waals surface area (Å²) in [5.74, 6) is 1.22. The second-order valence-corrected chi connectivity index (χ2v) is 10.9. The van der Waals surface area contributed by atoms with Crippen LogP contribution in [0.2, 0.25) is 5.02 Å². The number of fused-ring (bicyclic) bond motifs is 2. The van der Waals surface area contributed by atoms with Gasteiger partial charge in [0, 0.05) is 41.3 Å². The number of esters is 1. The topological polar surface area (TPSA) is 82.5 Å². The first kappa shape index (κ1) is 30.0. The molecule has 6 nitrogen and oxygen atoms in total. The van der Waals surface area contributed by atoms with Crippen LogP contribution >= 0.6 is 11.6 Å². The van der Waals surface area contributed by atoms with Crippen molar-refractivity contribution in [2.24, 2.45) is 11.8 Å². The number of halogens is 2. The number of nitrogens with zero attached hydrogens (tertiary/aromatic N) is 1. The molecule has 0 aromatic heterocycles. The average Bonchev–Trinajstić information content (AvgIpc) is 3.65. The number of methoxy groups -OCH3 is 1. The Balaban J connectivity index is 0.000000473. The second kappa shape index (κ2) is 14.1. The molecular formula is C33H35ClFN3O3. The van der Waals surface area contributed by atoms with Crippen molar-refractivity contribution in [3.05, 3.63) is 88.2 Å². The lowest BCUT2D eigenvalue weighted by Crippen LogP contribution is -2.20. The van der Waals surface area contributed by atoms with Crippen molar-refractivity contribution in [3.63, 3.8) is 0 Å². The number of amides is 1. The van der Waals surface area contributed by atoms with Crippen LogP contribution in [0.1, 0.15) is 48.8 Å². The van der Waals surface area contributed by atoms with Gasteiger partial charge in [0.1, 0.15) is 5.82 Å². The maximum Gasteiger partial charge on any atom is 0.330 e. The molecule has 8 heteroatoms. The number of rotatable bonds is 9. The van der Waals surface area contributed by atoms with Crippen LogP contribution in [-0.4, -0.2) is 32.8 Å². The molecule has 0 unspecified atom stereocenters. The first-order valence-corrected chi connectivity index (χ1v) is 14.1. The van der Waals surface area contributed by atoms with E-state index in [0.29, 0.717) is 28.2 Å². The summed E-state index contributed by atoms with van der Waals surface area (Å²) in [5.41, 5.74) is 4.74. The minimum Gasteiger partial charge on any atom is -0.466 e. The van der Waals surface area contributed by atoms with E-state index in [0.717, 1.165) is 22.4 Å². The fourth-order valence-electron chi connectivity index (χ4n) is 5.58. The Morgan fingerprint density at radius 3 is 2.32 bits per heavy atom. The highest BCUT2D eigenvalue weighted by Crippen LogP contribution is 2.43. The Bertz CT molecular complexity index is 1420. The van der Waals surface area contributed by atoms with E-state index in [-0.39, 0.29) is 6.54 Å². The molecule has 41 heavy (non-hydrogen) atoms. The van der Waals surface area contributed by atoms with Crippen molar-refractivity contribution < 1.29 is 18.7 Å². The maximum atomic E-state index is 14.2. The molecule has 5 rings (SSSR count). The Hall–Kier alpha value is -3.97. The molecule has 0 saturated heterocycles. The molecule has 2 N–H and O–H groups in total. The highest BCUT2D eigenvalue weighted by Gasteiger charge is 2.30. The summed E-state index contributed by atoms with van der Waals surface area (Å²) >= 11 is 6.53. The van der Waals surface area contributed by atoms with Gasteiger partial charge in [0.05, 0.1) is 13.7 Å². The van der Waals surface area contributed by atoms with Gasteiger partial charge in [-0.25, -0.2) is 9.18 Å². The number of carbonyl (C=O) groups excluding carboxylic acids is 2. The van der Waals surface area contributed by atoms with Crippen LogP contribution in [0.5, 0.6) is 0 Å². The highest BCUT2D eigenvalue weighted by atomic mass is 35.5. The summed E-state index contributed by atoms with van der Waals surface area (Å²) in [6.45, 7) is 0.122. The van der Waals surface area contributed by atoms with Crippen LogP contribution in [0, 0.1) is 23.1 Å². The van der Waals surface area contributed by atoms with Crippen molar-refractivity contribution in [1.29, 1.82) is 5.41 Å². The Kier molecular flexibility index (Phi) is 10.3. The summed E-state index contributed by atoms with van der Waals surface area (Å²) in [4.78, 5) is 24.5. The number of ether oxygens (including phenoxy) is 1. The minimum absolute atomic E-state index is 0.122. The van der Waals surface area contributed by atoms with Gasteiger partial charge in [-0.05, 0) is 83.0 Å². The summed E-state index contributed by atoms with van der Waals surface area (Å²) < 4.78 is 18.7. The van der Waals surface area contributed by atoms with Crippen LogP contribution in [0.3, 0.4) is 0 Å². The van der Waals surface area contributed by atoms with E-state index in [1.807, 2.05) is 30.3 Å². The Morgan fingerprint density at radius 1 is 1.07 bits per heavy atom. The predicted octanol–water partition coefficient (Wildman–Crippen LogP) is 7.73. The molecule has 0 atom stereocenters. The Labute approximate surface area is 245 Å². The van der Waals surface area contributed by atoms with E-state index < -0.39 is 11.8 Å². The zero-order chi connectivity index (χ0) is 29.4. The van der Waals surface area contributed by atoms with Crippen molar-refractivity contribution in [2.75, 3.05) is 24.4 Å². The van der Waals surface area contributed by atoms with Crippen LogP contribution in [0.15, 0.2) is 60.7 Å². The van der Waals surface area contributed by atoms with E-state index >= 15 is 0 Å². The van der Waals surface area contributed by atoms with E-state index in [9.17, 15) is 14.0 Å². The van der Waals surface area contributed by atoms with Gasteiger partial charge < -0.3 is 20.4 Å². The molecule has 2 fully saturated rings. The smallest absolute Gasteiger partial charge is 0.330 e. The van der Waals surface area contributed by atoms with Gasteiger partial charge in [-0.3, -0.25) is 4.79 Å². The lowest BCUT2D eigenvalue weighted by molar-refractivity contribution is -0.134. The normalized spacial score (nSPS) is 17.1. The van der Waals surface area contributed by atoms with Gasteiger partial charge >= 0.3 is 5.97 Å². The van der Waals surface area contributed by atoms with Crippen molar-refractivity contribution in [2.45, 2.75) is 38.6 Å². The third kappa shape index (κ3) is 7.82. The number of carbonyl (C=O) groups is 2. The molecule has 214 valence electrons. The highest BCUT2D eigenvalue weighted by molar-refractivity contribution is 6.31. The van der Waals surface area contributed by atoms with Gasteiger partial charge in [-0.15, -0.1) is 0 Å². The molecule has 0 heterocycles. The first-order chi connectivity index (χ1) is 19.8. The van der Waals surface area contributed by atoms with Crippen molar-refractivity contribution in [3.8, 4) is 11.1 Å². The number of hydrogen-bond acceptors (Lipinski definition) is 5. The van der Waals surface area contributed by atoms with E-state index in [4.69, 9.17) is 17.0 Å². The summed E-state index contributed by atoms with van der Waals surface area (Å²) in [7, 11) is 3.04. The molecule has 3 aromatic carbocycles. The number of hydrogen-bond donors (Lipinski definition) is 2. The van der Waals surface area contributed by atoms with Gasteiger partial charge in [0.25, 0.3) is 0 Å². The molecule has 2 aliphatic rings. The lowest BCUT2D eigenvalue weighted by atomic mass is 10.0. The fraction of sp³-hybridized carbons (Fsp3) is 0.303. The molecule has 2 bridgehead atoms. The fourth-order valence-corrected chi connectivity index (χ4v) is 5.82. The molecular weight excluding hydrogens is 541 g/mol. The zero-order valence-electron chi connectivity index (χ0n) is 23.3. The van der Waals surface area contributed by atoms with E-state index in [1.54, 1.807) is 51.3 Å². The monoisotopic (exact) mass is 575 g/mol. The molecule has 0 radical (unpaired) electrons. The molecule has 1 amide bonds. The van der Waals surface area contributed by atoms with E-state index in [1.165, 1.54) is 54.3 Å². The lowest BCUT2D eigenvalue weighted by Gasteiger charge is -2.19. The van der Waals surface area contributed by atoms with Gasteiger partial charge in [-0.1, -0.05) is 55.5 Å². The minimum atomic E-state index is -0.571. The van der Waals surface area contributed by atoms with Crippen LogP contribution in [0.25, 0.3) is 17.2 Å². The second-order valence-electron chi connectivity index (χ2n) is 10.5. The first-order valence-electron chi connectivity index (χ1n) is 13.7. The maximum absolute atomic E-state index is 14.2. The van der Waals surface area contributed by atoms with E-state index in [2.05, 4.69) is 10.1 Å². The van der Waals surface area contributed by atoms with Gasteiger partial charge in [0.15, 0.2) is 0 Å². The summed E-state index contributed by atoms with van der Waals surface area (Å²) in [5, 5.41) is 11.1. The molecule has 2 aliphatic carbocycles. The molecule has 3 aromatic rings. The quantitative estimate of drug-likeness (QED) is 0.118. The molecule has 0 aliphatic heterocycles. The third-order valence-electron chi connectivity index (χ3n) is 7.81. The van der Waals surface area contributed by atoms with Crippen LogP contribution in [0.4, 0.5) is 15.8 Å². The van der Waals surface area contributed by atoms with Crippen molar-refractivity contribution >= 4 is 47.6 Å². The molecule has 0 spiro atoms. The van der Waals surface area contributed by atoms with Crippen LogP contribution < -0.4 is 10.2 Å². The van der Waals surface area contributed by atoms with Crippen molar-refractivity contribution in [1.82, 2.24) is 0 Å². The zero-order valence-corrected chi connectivity index (χ0v) is 24.1. The van der Waals surface area contributed by atoms with Gasteiger partial charge in [0.2, 0.25) is 6.41 Å². The average molecular weight is 576 g/mol. The van der Waals surface area contributed by atoms with Crippen LogP contribution in [-0.2, 0) is 20.9 Å². The SMILES string of the molecule is C1CC2CCC1C2.CNc1ccc(-c2ccc(CN(C=O)c3cc(F)cc(/C=C/C(=O)OC)c3)c(Cl)c2)cc1C=N. The molecule has 2 saturated carbocycles. The number of nitrogens with one attached hydrogen (secondary N) is 2. The largest absolute Gasteiger partial charge is 0.466 e. The Morgan fingerprint density at radius 2 is 1.76 bits per heavy atom. The number of benzene rings is 3. The third-order valence-corrected chi connectivity index (χ3v) is 8.17. The standard InChI is InChI=1S/C26H23ClFN3O3.C7H12/c1-30-25-7-6-18(11-21(25)14-29)19-4-5-20(24(27)12-19)15-31(16-32)23-10-17(9-22(28)13-23)3-8-26(33)34-2;1-2-7-4-3-6(1)5-7/h3-14,16,29-30H,15H2,1-2H3;6-7H,1-5H2/b8-3+,29-14?;.